The fourth-order valence-electron chi connectivity index (χ4n) is 4.60. The first-order chi connectivity index (χ1) is 24.2. The zero-order chi connectivity index (χ0) is 39.7. The summed E-state index contributed by atoms with van der Waals surface area (Å²) in [6.07, 6.45) is -2.62. The van der Waals surface area contributed by atoms with Crippen molar-refractivity contribution in [1.82, 2.24) is 26.6 Å². The Bertz CT molecular complexity index is 1480. The monoisotopic (exact) mass is 754 g/mol. The fraction of sp³-hybridized carbons (Fsp3) is 0.516. The van der Waals surface area contributed by atoms with Crippen molar-refractivity contribution in [2.45, 2.75) is 88.6 Å². The maximum absolute atomic E-state index is 13.6. The summed E-state index contributed by atoms with van der Waals surface area (Å²) in [5.74, 6) is -10.5. The third kappa shape index (κ3) is 16.5. The summed E-state index contributed by atoms with van der Waals surface area (Å²) in [7, 11) is 0. The van der Waals surface area contributed by atoms with Gasteiger partial charge in [-0.1, -0.05) is 26.0 Å². The number of nitrogens with one attached hydrogen (secondary N) is 5. The summed E-state index contributed by atoms with van der Waals surface area (Å²) >= 11 is 4.03. The maximum Gasteiger partial charge on any atom is 0.326 e. The average Bonchev–Trinajstić information content (AvgIpc) is 3.04. The molecule has 0 fully saturated rings. The molecular weight excluding hydrogens is 708 g/mol. The predicted octanol–water partition coefficient (Wildman–Crippen LogP) is -3.64. The summed E-state index contributed by atoms with van der Waals surface area (Å²) in [6, 6.07) is -3.73. The molecule has 0 saturated heterocycles. The molecule has 0 aliphatic rings. The van der Waals surface area contributed by atoms with Crippen LogP contribution in [0.25, 0.3) is 0 Å². The number of nitrogens with two attached hydrogens (primary N) is 3. The quantitative estimate of drug-likeness (QED) is 0.0481. The lowest BCUT2D eigenvalue weighted by Gasteiger charge is -2.26. The minimum absolute atomic E-state index is 0.00308. The standard InChI is InChI=1S/C31H46N8O12S/c1-14(2)9-17(32)26(45)35-18(7-8-25(43)44)27(46)37-20(11-23(33)41)29(48)36-19(10-15-3-5-16(40)6-4-15)28(47)39-22(13-52)30(49)38-21(31(50)51)12-24(34)42/h3-6,14,17-22,40,52H,7-13,32H2,1-2H3,(H2,33,41)(H2,34,42)(H,35,45)(H,36,48)(H,37,46)(H,38,49)(H,39,47)(H,43,44)(H,50,51). The molecule has 0 saturated carbocycles. The average molecular weight is 755 g/mol. The number of phenols is 1. The number of benzene rings is 1. The maximum atomic E-state index is 13.6. The van der Waals surface area contributed by atoms with Crippen LogP contribution in [0.4, 0.5) is 0 Å². The summed E-state index contributed by atoms with van der Waals surface area (Å²) in [5.41, 5.74) is 16.6. The van der Waals surface area contributed by atoms with Gasteiger partial charge in [0.1, 0.15) is 36.0 Å². The number of aliphatic carboxylic acids is 2. The van der Waals surface area contributed by atoms with Crippen molar-refractivity contribution in [3.8, 4) is 5.75 Å². The van der Waals surface area contributed by atoms with Gasteiger partial charge >= 0.3 is 11.9 Å². The summed E-state index contributed by atoms with van der Waals surface area (Å²) in [5, 5.41) is 39.6. The number of hydrogen-bond donors (Lipinski definition) is 12. The molecule has 288 valence electrons. The fourth-order valence-corrected chi connectivity index (χ4v) is 4.86. The van der Waals surface area contributed by atoms with E-state index in [1.54, 1.807) is 13.8 Å². The van der Waals surface area contributed by atoms with Gasteiger partial charge in [0.15, 0.2) is 0 Å². The van der Waals surface area contributed by atoms with Crippen molar-refractivity contribution in [3.63, 3.8) is 0 Å². The number of thiol groups is 1. The van der Waals surface area contributed by atoms with Crippen molar-refractivity contribution >= 4 is 65.9 Å². The minimum atomic E-state index is -1.76. The summed E-state index contributed by atoms with van der Waals surface area (Å²) < 4.78 is 0. The van der Waals surface area contributed by atoms with E-state index in [4.69, 9.17) is 17.2 Å². The zero-order valence-corrected chi connectivity index (χ0v) is 29.4. The highest BCUT2D eigenvalue weighted by Gasteiger charge is 2.34. The van der Waals surface area contributed by atoms with Crippen LogP contribution in [0.5, 0.6) is 5.75 Å². The molecule has 7 amide bonds. The van der Waals surface area contributed by atoms with E-state index < -0.39 is 115 Å². The molecule has 0 aliphatic heterocycles. The number of phenolic OH excluding ortho intramolecular Hbond substituents is 1. The molecule has 52 heavy (non-hydrogen) atoms. The Balaban J connectivity index is 3.36. The second kappa shape index (κ2) is 21.7. The Morgan fingerprint density at radius 2 is 1.12 bits per heavy atom. The lowest BCUT2D eigenvalue weighted by Crippen LogP contribution is -2.60. The van der Waals surface area contributed by atoms with E-state index in [1.807, 2.05) is 0 Å². The number of carboxylic acids is 2. The topological polar surface area (TPSA) is 353 Å². The van der Waals surface area contributed by atoms with Crippen molar-refractivity contribution < 1.29 is 58.5 Å². The van der Waals surface area contributed by atoms with Crippen molar-refractivity contribution in [3.05, 3.63) is 29.8 Å². The van der Waals surface area contributed by atoms with Gasteiger partial charge in [-0.2, -0.15) is 12.6 Å². The van der Waals surface area contributed by atoms with Crippen molar-refractivity contribution in [2.24, 2.45) is 23.1 Å². The van der Waals surface area contributed by atoms with Crippen LogP contribution >= 0.6 is 12.6 Å². The van der Waals surface area contributed by atoms with Gasteiger partial charge in [-0.25, -0.2) is 4.79 Å². The molecule has 0 radical (unpaired) electrons. The molecule has 0 spiro atoms. The number of primary amides is 2. The van der Waals surface area contributed by atoms with Crippen LogP contribution in [-0.4, -0.2) is 111 Å². The van der Waals surface area contributed by atoms with Crippen LogP contribution in [0, 0.1) is 5.92 Å². The Kier molecular flexibility index (Phi) is 18.6. The molecule has 0 aliphatic carbocycles. The third-order valence-electron chi connectivity index (χ3n) is 7.22. The van der Waals surface area contributed by atoms with E-state index in [-0.39, 0.29) is 30.3 Å². The first kappa shape index (κ1) is 44.6. The van der Waals surface area contributed by atoms with E-state index in [2.05, 4.69) is 39.2 Å². The lowest BCUT2D eigenvalue weighted by atomic mass is 10.0. The summed E-state index contributed by atoms with van der Waals surface area (Å²) in [4.78, 5) is 112. The van der Waals surface area contributed by atoms with E-state index in [0.29, 0.717) is 5.56 Å². The molecular formula is C31H46N8O12S. The van der Waals surface area contributed by atoms with Crippen LogP contribution < -0.4 is 43.8 Å². The van der Waals surface area contributed by atoms with Crippen LogP contribution in [0.1, 0.15) is 51.5 Å². The van der Waals surface area contributed by atoms with Gasteiger partial charge in [-0.15, -0.1) is 0 Å². The number of hydrogen-bond acceptors (Lipinski definition) is 12. The van der Waals surface area contributed by atoms with Crippen molar-refractivity contribution in [2.75, 3.05) is 5.75 Å². The minimum Gasteiger partial charge on any atom is -0.508 e. The number of rotatable bonds is 23. The van der Waals surface area contributed by atoms with E-state index in [9.17, 15) is 58.5 Å². The van der Waals surface area contributed by atoms with Gasteiger partial charge in [0.05, 0.1) is 18.9 Å². The number of carboxylic acid groups (broad SMARTS) is 2. The van der Waals surface area contributed by atoms with E-state index in [1.165, 1.54) is 24.3 Å². The Morgan fingerprint density at radius 3 is 1.62 bits per heavy atom. The molecule has 14 N–H and O–H groups in total. The Labute approximate surface area is 303 Å². The smallest absolute Gasteiger partial charge is 0.326 e. The van der Waals surface area contributed by atoms with Gasteiger partial charge in [0.25, 0.3) is 0 Å². The molecule has 1 aromatic carbocycles. The van der Waals surface area contributed by atoms with Crippen LogP contribution in [-0.2, 0) is 49.6 Å². The largest absolute Gasteiger partial charge is 0.508 e. The molecule has 20 nitrogen and oxygen atoms in total. The molecule has 0 aromatic heterocycles. The molecule has 1 aromatic rings. The second-order valence-electron chi connectivity index (χ2n) is 12.2. The Hall–Kier alpha value is -5.44. The predicted molar refractivity (Wildman–Crippen MR) is 185 cm³/mol. The number of aromatic hydroxyl groups is 1. The molecule has 0 heterocycles. The summed E-state index contributed by atoms with van der Waals surface area (Å²) in [6.45, 7) is 3.61. The van der Waals surface area contributed by atoms with Gasteiger partial charge in [-0.3, -0.25) is 38.4 Å². The second-order valence-corrected chi connectivity index (χ2v) is 12.6. The molecule has 6 unspecified atom stereocenters. The van der Waals surface area contributed by atoms with Crippen molar-refractivity contribution in [1.29, 1.82) is 0 Å². The number of carbonyl (C=O) groups is 9. The van der Waals surface area contributed by atoms with E-state index in [0.717, 1.165) is 0 Å². The normalized spacial score (nSPS) is 14.3. The lowest BCUT2D eigenvalue weighted by molar-refractivity contribution is -0.143. The van der Waals surface area contributed by atoms with Gasteiger partial charge < -0.3 is 59.1 Å². The highest BCUT2D eigenvalue weighted by atomic mass is 32.1. The molecule has 1 rings (SSSR count). The number of amides is 7. The number of carbonyl (C=O) groups excluding carboxylic acids is 7. The van der Waals surface area contributed by atoms with Gasteiger partial charge in [0, 0.05) is 18.6 Å². The molecule has 0 bridgehead atoms. The first-order valence-electron chi connectivity index (χ1n) is 15.9. The van der Waals surface area contributed by atoms with Gasteiger partial charge in [0.2, 0.25) is 41.4 Å². The van der Waals surface area contributed by atoms with Crippen LogP contribution in [0.15, 0.2) is 24.3 Å². The molecule has 6 atom stereocenters. The van der Waals surface area contributed by atoms with E-state index >= 15 is 0 Å². The molecule has 21 heteroatoms. The van der Waals surface area contributed by atoms with Crippen LogP contribution in [0.2, 0.25) is 0 Å². The Morgan fingerprint density at radius 1 is 0.673 bits per heavy atom. The SMILES string of the molecule is CC(C)CC(N)C(=O)NC(CCC(=O)O)C(=O)NC(CC(N)=O)C(=O)NC(Cc1ccc(O)cc1)C(=O)NC(CS)C(=O)NC(CC(N)=O)C(=O)O. The first-order valence-corrected chi connectivity index (χ1v) is 16.5. The zero-order valence-electron chi connectivity index (χ0n) is 28.5. The van der Waals surface area contributed by atoms with Crippen LogP contribution in [0.3, 0.4) is 0 Å². The van der Waals surface area contributed by atoms with Gasteiger partial charge in [-0.05, 0) is 36.5 Å². The third-order valence-corrected chi connectivity index (χ3v) is 7.59. The highest BCUT2D eigenvalue weighted by molar-refractivity contribution is 7.80. The highest BCUT2D eigenvalue weighted by Crippen LogP contribution is 2.13.